The number of isothiocyanates is 1. The molecule has 1 aromatic rings. The van der Waals surface area contributed by atoms with Crippen molar-refractivity contribution in [2.45, 2.75) is 13.8 Å². The van der Waals surface area contributed by atoms with Gasteiger partial charge in [-0.05, 0) is 37.7 Å². The van der Waals surface area contributed by atoms with Gasteiger partial charge in [-0.15, -0.1) is 0 Å². The molecule has 0 atom stereocenters. The number of aliphatic imine (C=N–C) groups is 1. The van der Waals surface area contributed by atoms with Crippen molar-refractivity contribution in [1.82, 2.24) is 0 Å². The van der Waals surface area contributed by atoms with E-state index in [0.29, 0.717) is 5.56 Å². The van der Waals surface area contributed by atoms with Gasteiger partial charge in [0.1, 0.15) is 0 Å². The summed E-state index contributed by atoms with van der Waals surface area (Å²) in [6.07, 6.45) is 0. The van der Waals surface area contributed by atoms with Crippen molar-refractivity contribution in [1.29, 1.82) is 0 Å². The molecular weight excluding hydrogens is 182 g/mol. The molecule has 0 aliphatic rings. The summed E-state index contributed by atoms with van der Waals surface area (Å²) in [6, 6.07) is 5.64. The first kappa shape index (κ1) is 9.78. The number of carbonyl (C=O) groups is 1. The van der Waals surface area contributed by atoms with E-state index in [4.69, 9.17) is 0 Å². The monoisotopic (exact) mass is 191 g/mol. The summed E-state index contributed by atoms with van der Waals surface area (Å²) in [5, 5.41) is 2.07. The summed E-state index contributed by atoms with van der Waals surface area (Å²) >= 11 is 4.37. The predicted octanol–water partition coefficient (Wildman–Crippen LogP) is 2.55. The van der Waals surface area contributed by atoms with Crippen LogP contribution in [-0.4, -0.2) is 11.1 Å². The third kappa shape index (κ3) is 2.31. The molecule has 0 radical (unpaired) electrons. The van der Waals surface area contributed by atoms with Crippen LogP contribution in [0.15, 0.2) is 23.2 Å². The molecule has 0 fully saturated rings. The van der Waals surface area contributed by atoms with E-state index in [1.165, 1.54) is 0 Å². The van der Waals surface area contributed by atoms with Crippen LogP contribution in [-0.2, 0) is 0 Å². The van der Waals surface area contributed by atoms with E-state index < -0.39 is 0 Å². The maximum Gasteiger partial charge on any atom is 0.286 e. The highest BCUT2D eigenvalue weighted by Gasteiger charge is 2.06. The number of aryl methyl sites for hydroxylation is 2. The van der Waals surface area contributed by atoms with Crippen LogP contribution >= 0.6 is 12.2 Å². The van der Waals surface area contributed by atoms with Crippen LogP contribution < -0.4 is 0 Å². The number of rotatable bonds is 1. The normalized spacial score (nSPS) is 9.08. The Morgan fingerprint density at radius 3 is 2.77 bits per heavy atom. The molecule has 1 aromatic carbocycles. The zero-order chi connectivity index (χ0) is 9.84. The van der Waals surface area contributed by atoms with Crippen molar-refractivity contribution in [3.05, 3.63) is 34.9 Å². The molecule has 0 bridgehead atoms. The minimum absolute atomic E-state index is 0.323. The highest BCUT2D eigenvalue weighted by molar-refractivity contribution is 7.78. The van der Waals surface area contributed by atoms with Crippen molar-refractivity contribution in [3.63, 3.8) is 0 Å². The molecule has 1 amide bonds. The fraction of sp³-hybridized carbons (Fsp3) is 0.200. The number of amides is 1. The van der Waals surface area contributed by atoms with Gasteiger partial charge in [-0.1, -0.05) is 17.7 Å². The minimum atomic E-state index is -0.323. The molecule has 3 heteroatoms. The number of hydrogen-bond acceptors (Lipinski definition) is 2. The van der Waals surface area contributed by atoms with Gasteiger partial charge in [0, 0.05) is 5.56 Å². The summed E-state index contributed by atoms with van der Waals surface area (Å²) in [5.74, 6) is -0.323. The lowest BCUT2D eigenvalue weighted by Gasteiger charge is -2.00. The summed E-state index contributed by atoms with van der Waals surface area (Å²) in [7, 11) is 0. The van der Waals surface area contributed by atoms with Crippen molar-refractivity contribution < 1.29 is 4.79 Å². The fourth-order valence-electron chi connectivity index (χ4n) is 1.07. The lowest BCUT2D eigenvalue weighted by atomic mass is 10.1. The maximum atomic E-state index is 11.3. The van der Waals surface area contributed by atoms with Crippen LogP contribution in [0.3, 0.4) is 0 Å². The number of nitrogens with zero attached hydrogens (tertiary/aromatic N) is 1. The van der Waals surface area contributed by atoms with E-state index in [-0.39, 0.29) is 5.91 Å². The summed E-state index contributed by atoms with van der Waals surface area (Å²) < 4.78 is 0. The third-order valence-corrected chi connectivity index (χ3v) is 1.86. The lowest BCUT2D eigenvalue weighted by molar-refractivity contribution is 0.100. The zero-order valence-corrected chi connectivity index (χ0v) is 8.31. The van der Waals surface area contributed by atoms with Crippen molar-refractivity contribution in [2.75, 3.05) is 0 Å². The van der Waals surface area contributed by atoms with Crippen LogP contribution in [0, 0.1) is 13.8 Å². The predicted molar refractivity (Wildman–Crippen MR) is 55.3 cm³/mol. The Hall–Kier alpha value is -1.31. The quantitative estimate of drug-likeness (QED) is 0.504. The Kier molecular flexibility index (Phi) is 3.07. The van der Waals surface area contributed by atoms with E-state index >= 15 is 0 Å². The highest BCUT2D eigenvalue weighted by atomic mass is 32.1. The van der Waals surface area contributed by atoms with Gasteiger partial charge in [0.2, 0.25) is 0 Å². The molecule has 2 nitrogen and oxygen atoms in total. The molecule has 0 heterocycles. The van der Waals surface area contributed by atoms with Crippen LogP contribution in [0.5, 0.6) is 0 Å². The molecule has 0 saturated carbocycles. The van der Waals surface area contributed by atoms with Gasteiger partial charge in [0.05, 0.1) is 5.16 Å². The Morgan fingerprint density at radius 1 is 1.46 bits per heavy atom. The van der Waals surface area contributed by atoms with Crippen LogP contribution in [0.4, 0.5) is 0 Å². The second kappa shape index (κ2) is 4.08. The molecule has 0 aliphatic heterocycles. The molecule has 0 aliphatic carbocycles. The zero-order valence-electron chi connectivity index (χ0n) is 7.50. The van der Waals surface area contributed by atoms with Crippen molar-refractivity contribution >= 4 is 23.3 Å². The molecular formula is C10H9NOS. The molecule has 0 N–H and O–H groups in total. The second-order valence-electron chi connectivity index (χ2n) is 2.83. The molecule has 1 rings (SSSR count). The second-order valence-corrected chi connectivity index (χ2v) is 3.01. The standard InChI is InChI=1S/C10H9NOS/c1-7-3-4-8(2)9(5-7)10(12)11-6-13/h3-5H,1-2H3. The summed E-state index contributed by atoms with van der Waals surface area (Å²) in [5.41, 5.74) is 2.54. The van der Waals surface area contributed by atoms with Gasteiger partial charge in [0.15, 0.2) is 0 Å². The molecule has 66 valence electrons. The topological polar surface area (TPSA) is 29.4 Å². The Morgan fingerprint density at radius 2 is 2.15 bits per heavy atom. The number of benzene rings is 1. The third-order valence-electron chi connectivity index (χ3n) is 1.77. The summed E-state index contributed by atoms with van der Waals surface area (Å²) in [6.45, 7) is 3.79. The van der Waals surface area contributed by atoms with Gasteiger partial charge in [-0.2, -0.15) is 4.99 Å². The maximum absolute atomic E-state index is 11.3. The van der Waals surface area contributed by atoms with Crippen LogP contribution in [0.25, 0.3) is 0 Å². The Bertz CT molecular complexity index is 392. The first-order valence-electron chi connectivity index (χ1n) is 3.84. The number of hydrogen-bond donors (Lipinski definition) is 0. The lowest BCUT2D eigenvalue weighted by Crippen LogP contribution is -1.97. The largest absolute Gasteiger partial charge is 0.286 e. The average Bonchev–Trinajstić information content (AvgIpc) is 2.09. The summed E-state index contributed by atoms with van der Waals surface area (Å²) in [4.78, 5) is 14.7. The minimum Gasteiger partial charge on any atom is -0.266 e. The van der Waals surface area contributed by atoms with Gasteiger partial charge in [-0.25, -0.2) is 0 Å². The fourth-order valence-corrected chi connectivity index (χ4v) is 1.15. The van der Waals surface area contributed by atoms with E-state index in [1.807, 2.05) is 26.0 Å². The molecule has 0 aromatic heterocycles. The average molecular weight is 191 g/mol. The molecule has 0 spiro atoms. The van der Waals surface area contributed by atoms with Gasteiger partial charge >= 0.3 is 0 Å². The molecule has 0 unspecified atom stereocenters. The van der Waals surface area contributed by atoms with Crippen molar-refractivity contribution in [2.24, 2.45) is 4.99 Å². The van der Waals surface area contributed by atoms with Gasteiger partial charge in [0.25, 0.3) is 5.91 Å². The van der Waals surface area contributed by atoms with E-state index in [0.717, 1.165) is 11.1 Å². The van der Waals surface area contributed by atoms with Crippen LogP contribution in [0.2, 0.25) is 0 Å². The van der Waals surface area contributed by atoms with E-state index in [2.05, 4.69) is 22.4 Å². The first-order valence-corrected chi connectivity index (χ1v) is 4.25. The van der Waals surface area contributed by atoms with Gasteiger partial charge < -0.3 is 0 Å². The first-order chi connectivity index (χ1) is 6.15. The number of thiocarbonyl (C=S) groups is 1. The molecule has 0 saturated heterocycles. The van der Waals surface area contributed by atoms with E-state index in [1.54, 1.807) is 6.07 Å². The molecule has 13 heavy (non-hydrogen) atoms. The SMILES string of the molecule is Cc1ccc(C)c(C(=O)N=C=S)c1. The highest BCUT2D eigenvalue weighted by Crippen LogP contribution is 2.11. The van der Waals surface area contributed by atoms with Gasteiger partial charge in [-0.3, -0.25) is 4.79 Å². The van der Waals surface area contributed by atoms with E-state index in [9.17, 15) is 4.79 Å². The van der Waals surface area contributed by atoms with Crippen LogP contribution in [0.1, 0.15) is 21.5 Å². The Labute approximate surface area is 82.3 Å². The Balaban J connectivity index is 3.20. The van der Waals surface area contributed by atoms with Crippen molar-refractivity contribution in [3.8, 4) is 0 Å². The smallest absolute Gasteiger partial charge is 0.266 e. The number of carbonyl (C=O) groups excluding carboxylic acids is 1.